The van der Waals surface area contributed by atoms with Gasteiger partial charge in [0.2, 0.25) is 11.8 Å². The smallest absolute Gasteiger partial charge is 0.233 e. The number of hydrogen-bond donors (Lipinski definition) is 2. The van der Waals surface area contributed by atoms with E-state index in [0.717, 1.165) is 6.42 Å². The lowest BCUT2D eigenvalue weighted by atomic mass is 9.85. The maximum Gasteiger partial charge on any atom is 0.233 e. The first kappa shape index (κ1) is 19.1. The summed E-state index contributed by atoms with van der Waals surface area (Å²) in [5, 5.41) is 14.9. The molecular weight excluding hydrogens is 373 g/mol. The summed E-state index contributed by atoms with van der Waals surface area (Å²) in [5.41, 5.74) is 0.676. The van der Waals surface area contributed by atoms with Gasteiger partial charge in [0.15, 0.2) is 5.96 Å². The molecule has 1 aromatic carbocycles. The number of benzene rings is 1. The third-order valence-corrected chi connectivity index (χ3v) is 6.04. The molecule has 1 saturated heterocycles. The zero-order valence-electron chi connectivity index (χ0n) is 16.1. The number of carbonyl (C=O) groups excluding carboxylic acids is 2. The number of nitrogens with one attached hydrogen (secondary N) is 2. The lowest BCUT2D eigenvalue weighted by Gasteiger charge is -2.18. The molecule has 0 spiro atoms. The molecule has 7 nitrogen and oxygen atoms in total. The standard InChI is InChI=1S/C21H22FN5O2/c1-24-21(26-11-15-3-2-12(10-23)8-16(15)22)25-6-7-27-19(28)17-13-4-5-14(9-13)18(17)20(27)29/h2-5,8,13-14,17-18H,6-7,9,11H2,1H3,(H2,24,25,26). The van der Waals surface area contributed by atoms with E-state index in [4.69, 9.17) is 5.26 Å². The highest BCUT2D eigenvalue weighted by Crippen LogP contribution is 2.52. The predicted molar refractivity (Wildman–Crippen MR) is 104 cm³/mol. The van der Waals surface area contributed by atoms with Crippen LogP contribution in [-0.2, 0) is 16.1 Å². The van der Waals surface area contributed by atoms with Gasteiger partial charge < -0.3 is 10.6 Å². The van der Waals surface area contributed by atoms with Gasteiger partial charge in [-0.15, -0.1) is 0 Å². The van der Waals surface area contributed by atoms with Crippen LogP contribution in [0.25, 0.3) is 0 Å². The molecule has 0 aromatic heterocycles. The zero-order chi connectivity index (χ0) is 20.5. The molecule has 4 unspecified atom stereocenters. The van der Waals surface area contributed by atoms with Crippen molar-refractivity contribution < 1.29 is 14.0 Å². The lowest BCUT2D eigenvalue weighted by molar-refractivity contribution is -0.140. The lowest BCUT2D eigenvalue weighted by Crippen LogP contribution is -2.43. The average molecular weight is 395 g/mol. The molecule has 150 valence electrons. The second-order valence-corrected chi connectivity index (χ2v) is 7.60. The Morgan fingerprint density at radius 3 is 2.52 bits per heavy atom. The third-order valence-electron chi connectivity index (χ3n) is 6.04. The molecule has 29 heavy (non-hydrogen) atoms. The van der Waals surface area contributed by atoms with Gasteiger partial charge in [0.05, 0.1) is 23.5 Å². The fraction of sp³-hybridized carbons (Fsp3) is 0.429. The number of allylic oxidation sites excluding steroid dienone is 2. The average Bonchev–Trinajstić information content (AvgIpc) is 3.40. The molecule has 1 saturated carbocycles. The molecule has 2 amide bonds. The highest BCUT2D eigenvalue weighted by Gasteiger charge is 2.58. The number of nitrogens with zero attached hydrogens (tertiary/aromatic N) is 3. The van der Waals surface area contributed by atoms with E-state index in [-0.39, 0.29) is 54.1 Å². The summed E-state index contributed by atoms with van der Waals surface area (Å²) in [6.45, 7) is 0.823. The molecule has 8 heteroatoms. The molecule has 4 rings (SSSR count). The van der Waals surface area contributed by atoms with Crippen LogP contribution in [-0.4, -0.2) is 42.8 Å². The van der Waals surface area contributed by atoms with Gasteiger partial charge >= 0.3 is 0 Å². The zero-order valence-corrected chi connectivity index (χ0v) is 16.1. The molecule has 2 N–H and O–H groups in total. The Morgan fingerprint density at radius 2 is 1.93 bits per heavy atom. The molecule has 2 aliphatic carbocycles. The molecule has 0 radical (unpaired) electrons. The fourth-order valence-corrected chi connectivity index (χ4v) is 4.63. The second-order valence-electron chi connectivity index (χ2n) is 7.60. The molecule has 4 atom stereocenters. The summed E-state index contributed by atoms with van der Waals surface area (Å²) in [6.07, 6.45) is 5.07. The number of likely N-dealkylation sites (tertiary alicyclic amines) is 1. The van der Waals surface area contributed by atoms with Gasteiger partial charge in [-0.1, -0.05) is 18.2 Å². The molecule has 3 aliphatic rings. The molecule has 2 bridgehead atoms. The van der Waals surface area contributed by atoms with Gasteiger partial charge in [-0.2, -0.15) is 5.26 Å². The van der Waals surface area contributed by atoms with Gasteiger partial charge in [0, 0.05) is 32.2 Å². The molecule has 1 aliphatic heterocycles. The van der Waals surface area contributed by atoms with Crippen molar-refractivity contribution in [2.24, 2.45) is 28.7 Å². The number of hydrogen-bond acceptors (Lipinski definition) is 4. The first-order valence-corrected chi connectivity index (χ1v) is 9.70. The number of guanidine groups is 1. The number of amides is 2. The molecule has 2 fully saturated rings. The monoisotopic (exact) mass is 395 g/mol. The highest BCUT2D eigenvalue weighted by molar-refractivity contribution is 6.06. The summed E-state index contributed by atoms with van der Waals surface area (Å²) in [7, 11) is 1.59. The number of imide groups is 1. The Bertz CT molecular complexity index is 921. The van der Waals surface area contributed by atoms with Crippen LogP contribution in [0.3, 0.4) is 0 Å². The minimum absolute atomic E-state index is 0.0683. The quantitative estimate of drug-likeness (QED) is 0.338. The van der Waals surface area contributed by atoms with Gasteiger partial charge in [0.25, 0.3) is 0 Å². The van der Waals surface area contributed by atoms with Crippen molar-refractivity contribution >= 4 is 17.8 Å². The van der Waals surface area contributed by atoms with Crippen LogP contribution in [0.4, 0.5) is 4.39 Å². The number of aliphatic imine (C=N–C) groups is 1. The highest BCUT2D eigenvalue weighted by atomic mass is 19.1. The van der Waals surface area contributed by atoms with Gasteiger partial charge in [-0.25, -0.2) is 4.39 Å². The van der Waals surface area contributed by atoms with E-state index in [0.29, 0.717) is 18.1 Å². The Labute approximate surface area is 168 Å². The Hall–Kier alpha value is -3.21. The van der Waals surface area contributed by atoms with Crippen LogP contribution in [0.5, 0.6) is 0 Å². The van der Waals surface area contributed by atoms with Crippen molar-refractivity contribution in [2.45, 2.75) is 13.0 Å². The maximum atomic E-state index is 14.0. The Balaban J connectivity index is 1.28. The number of rotatable bonds is 5. The van der Waals surface area contributed by atoms with E-state index in [9.17, 15) is 14.0 Å². The minimum Gasteiger partial charge on any atom is -0.355 e. The summed E-state index contributed by atoms with van der Waals surface area (Å²) < 4.78 is 14.0. The fourth-order valence-electron chi connectivity index (χ4n) is 4.63. The Kier molecular flexibility index (Phi) is 5.05. The first-order valence-electron chi connectivity index (χ1n) is 9.70. The summed E-state index contributed by atoms with van der Waals surface area (Å²) >= 11 is 0. The van der Waals surface area contributed by atoms with Gasteiger partial charge in [0.1, 0.15) is 5.82 Å². The van der Waals surface area contributed by atoms with Crippen molar-refractivity contribution in [2.75, 3.05) is 20.1 Å². The maximum absolute atomic E-state index is 14.0. The first-order chi connectivity index (χ1) is 14.0. The largest absolute Gasteiger partial charge is 0.355 e. The van der Waals surface area contributed by atoms with Crippen LogP contribution in [0, 0.1) is 40.8 Å². The predicted octanol–water partition coefficient (Wildman–Crippen LogP) is 1.17. The summed E-state index contributed by atoms with van der Waals surface area (Å²) in [4.78, 5) is 30.8. The van der Waals surface area contributed by atoms with E-state index in [1.807, 2.05) is 6.07 Å². The third kappa shape index (κ3) is 3.37. The van der Waals surface area contributed by atoms with E-state index in [2.05, 4.69) is 27.8 Å². The summed E-state index contributed by atoms with van der Waals surface area (Å²) in [5.74, 6) is -0.122. The summed E-state index contributed by atoms with van der Waals surface area (Å²) in [6, 6.07) is 6.20. The van der Waals surface area contributed by atoms with E-state index < -0.39 is 5.82 Å². The Morgan fingerprint density at radius 1 is 1.24 bits per heavy atom. The van der Waals surface area contributed by atoms with Crippen LogP contribution < -0.4 is 10.6 Å². The van der Waals surface area contributed by atoms with Crippen LogP contribution >= 0.6 is 0 Å². The van der Waals surface area contributed by atoms with Crippen LogP contribution in [0.1, 0.15) is 17.5 Å². The number of nitriles is 1. The van der Waals surface area contributed by atoms with Crippen LogP contribution in [0.15, 0.2) is 35.3 Å². The molecular formula is C21H22FN5O2. The van der Waals surface area contributed by atoms with E-state index in [1.165, 1.54) is 11.0 Å². The van der Waals surface area contributed by atoms with Gasteiger partial charge in [-0.05, 0) is 30.4 Å². The molecule has 1 aromatic rings. The topological polar surface area (TPSA) is 97.6 Å². The van der Waals surface area contributed by atoms with Crippen molar-refractivity contribution in [3.05, 3.63) is 47.3 Å². The van der Waals surface area contributed by atoms with E-state index >= 15 is 0 Å². The second kappa shape index (κ2) is 7.66. The minimum atomic E-state index is -0.463. The molecule has 1 heterocycles. The van der Waals surface area contributed by atoms with Crippen LogP contribution in [0.2, 0.25) is 0 Å². The van der Waals surface area contributed by atoms with Crippen molar-refractivity contribution in [1.82, 2.24) is 15.5 Å². The number of fused-ring (bicyclic) bond motifs is 5. The van der Waals surface area contributed by atoms with Crippen molar-refractivity contribution in [3.8, 4) is 6.07 Å². The van der Waals surface area contributed by atoms with Crippen molar-refractivity contribution in [3.63, 3.8) is 0 Å². The van der Waals surface area contributed by atoms with E-state index in [1.54, 1.807) is 19.2 Å². The SMILES string of the molecule is CN=C(NCCN1C(=O)C2C3C=CC(C3)C2C1=O)NCc1ccc(C#N)cc1F. The van der Waals surface area contributed by atoms with Gasteiger partial charge in [-0.3, -0.25) is 19.5 Å². The van der Waals surface area contributed by atoms with Crippen molar-refractivity contribution in [1.29, 1.82) is 5.26 Å². The normalized spacial score (nSPS) is 27.3. The number of carbonyl (C=O) groups is 2. The number of halogens is 1.